The van der Waals surface area contributed by atoms with Crippen molar-refractivity contribution in [2.75, 3.05) is 19.8 Å². The molecule has 0 radical (unpaired) electrons. The summed E-state index contributed by atoms with van der Waals surface area (Å²) in [5, 5.41) is 13.3. The zero-order valence-electron chi connectivity index (χ0n) is 12.9. The largest absolute Gasteiger partial charge is 0.394 e. The van der Waals surface area contributed by atoms with Gasteiger partial charge in [-0.1, -0.05) is 0 Å². The maximum Gasteiger partial charge on any atom is 0.247 e. The van der Waals surface area contributed by atoms with Crippen LogP contribution in [0.25, 0.3) is 0 Å². The monoisotopic (exact) mass is 317 g/mol. The molecule has 120 valence electrons. The maximum atomic E-state index is 13.0. The van der Waals surface area contributed by atoms with Gasteiger partial charge in [0.25, 0.3) is 0 Å². The number of aryl methyl sites for hydroxylation is 1. The average Bonchev–Trinajstić information content (AvgIpc) is 2.68. The van der Waals surface area contributed by atoms with Gasteiger partial charge in [0, 0.05) is 12.6 Å². The Kier molecular flexibility index (Phi) is 4.72. The third-order valence-electron chi connectivity index (χ3n) is 3.74. The van der Waals surface area contributed by atoms with Gasteiger partial charge in [0.1, 0.15) is 4.90 Å². The summed E-state index contributed by atoms with van der Waals surface area (Å²) in [5.41, 5.74) is 1.03. The number of aromatic nitrogens is 2. The Hall–Kier alpha value is -0.960. The van der Waals surface area contributed by atoms with E-state index in [4.69, 9.17) is 9.84 Å². The van der Waals surface area contributed by atoms with E-state index in [0.29, 0.717) is 24.5 Å². The summed E-state index contributed by atoms with van der Waals surface area (Å²) in [4.78, 5) is 0.247. The summed E-state index contributed by atoms with van der Waals surface area (Å²) < 4.78 is 34.4. The lowest BCUT2D eigenvalue weighted by atomic mass is 10.2. The lowest BCUT2D eigenvalue weighted by Gasteiger charge is -2.35. The molecule has 8 heteroatoms. The fourth-order valence-electron chi connectivity index (χ4n) is 2.69. The molecule has 2 unspecified atom stereocenters. The van der Waals surface area contributed by atoms with Gasteiger partial charge < -0.3 is 9.84 Å². The van der Waals surface area contributed by atoms with E-state index in [1.54, 1.807) is 13.8 Å². The molecule has 0 spiro atoms. The molecule has 2 atom stereocenters. The Morgan fingerprint density at radius 3 is 2.67 bits per heavy atom. The van der Waals surface area contributed by atoms with Crippen molar-refractivity contribution >= 4 is 10.0 Å². The molecule has 1 saturated heterocycles. The van der Waals surface area contributed by atoms with Crippen molar-refractivity contribution in [1.82, 2.24) is 14.1 Å². The van der Waals surface area contributed by atoms with Crippen LogP contribution in [0.1, 0.15) is 25.2 Å². The molecule has 1 aliphatic rings. The van der Waals surface area contributed by atoms with E-state index in [-0.39, 0.29) is 30.2 Å². The summed E-state index contributed by atoms with van der Waals surface area (Å²) in [6.07, 6.45) is -0.121. The third-order valence-corrected chi connectivity index (χ3v) is 5.98. The molecule has 0 saturated carbocycles. The lowest BCUT2D eigenvalue weighted by Crippen LogP contribution is -2.50. The van der Waals surface area contributed by atoms with Crippen LogP contribution in [0, 0.1) is 13.8 Å². The van der Waals surface area contributed by atoms with Gasteiger partial charge in [-0.2, -0.15) is 9.40 Å². The molecule has 0 amide bonds. The molecule has 1 aromatic heterocycles. The van der Waals surface area contributed by atoms with Crippen LogP contribution in [0.15, 0.2) is 4.90 Å². The first-order valence-electron chi connectivity index (χ1n) is 7.07. The van der Waals surface area contributed by atoms with Crippen molar-refractivity contribution in [2.45, 2.75) is 51.3 Å². The second kappa shape index (κ2) is 6.04. The van der Waals surface area contributed by atoms with E-state index in [9.17, 15) is 8.42 Å². The first-order chi connectivity index (χ1) is 9.78. The number of nitrogens with zero attached hydrogens (tertiary/aromatic N) is 3. The minimum Gasteiger partial charge on any atom is -0.394 e. The van der Waals surface area contributed by atoms with Gasteiger partial charge in [-0.05, 0) is 27.7 Å². The Bertz CT molecular complexity index is 611. The SMILES string of the molecule is Cc1nn(CCO)c(C)c1S(=O)(=O)N1CC(C)OCC1C. The topological polar surface area (TPSA) is 84.7 Å². The zero-order chi connectivity index (χ0) is 15.8. The van der Waals surface area contributed by atoms with Crippen molar-refractivity contribution < 1.29 is 18.3 Å². The van der Waals surface area contributed by atoms with Gasteiger partial charge in [0.05, 0.1) is 37.3 Å². The van der Waals surface area contributed by atoms with E-state index in [1.165, 1.54) is 8.99 Å². The van der Waals surface area contributed by atoms with Gasteiger partial charge >= 0.3 is 0 Å². The fraction of sp³-hybridized carbons (Fsp3) is 0.769. The Labute approximate surface area is 125 Å². The molecule has 2 heterocycles. The highest BCUT2D eigenvalue weighted by molar-refractivity contribution is 7.89. The number of aliphatic hydroxyl groups is 1. The van der Waals surface area contributed by atoms with Crippen LogP contribution in [0.5, 0.6) is 0 Å². The molecule has 7 nitrogen and oxygen atoms in total. The average molecular weight is 317 g/mol. The predicted octanol–water partition coefficient (Wildman–Crippen LogP) is 0.290. The van der Waals surface area contributed by atoms with Gasteiger partial charge in [-0.25, -0.2) is 8.42 Å². The molecule has 1 N–H and O–H groups in total. The molecule has 0 bridgehead atoms. The molecular weight excluding hydrogens is 294 g/mol. The first kappa shape index (κ1) is 16.4. The second-order valence-corrected chi connectivity index (χ2v) is 7.34. The second-order valence-electron chi connectivity index (χ2n) is 5.51. The van der Waals surface area contributed by atoms with Crippen LogP contribution in [-0.4, -0.2) is 59.5 Å². The molecule has 2 rings (SSSR count). The number of ether oxygens (including phenoxy) is 1. The van der Waals surface area contributed by atoms with Crippen LogP contribution in [0.3, 0.4) is 0 Å². The first-order valence-corrected chi connectivity index (χ1v) is 8.51. The van der Waals surface area contributed by atoms with E-state index in [1.807, 2.05) is 13.8 Å². The van der Waals surface area contributed by atoms with Crippen LogP contribution in [-0.2, 0) is 21.3 Å². The van der Waals surface area contributed by atoms with E-state index in [2.05, 4.69) is 5.10 Å². The third kappa shape index (κ3) is 2.98. The highest BCUT2D eigenvalue weighted by atomic mass is 32.2. The fourth-order valence-corrected chi connectivity index (χ4v) is 4.76. The summed E-state index contributed by atoms with van der Waals surface area (Å²) in [6, 6.07) is -0.203. The Balaban J connectivity index is 2.44. The number of hydrogen-bond donors (Lipinski definition) is 1. The van der Waals surface area contributed by atoms with E-state index >= 15 is 0 Å². The highest BCUT2D eigenvalue weighted by Crippen LogP contribution is 2.27. The predicted molar refractivity (Wildman–Crippen MR) is 77.6 cm³/mol. The minimum atomic E-state index is -3.61. The van der Waals surface area contributed by atoms with Crippen molar-refractivity contribution in [2.24, 2.45) is 0 Å². The standard InChI is InChI=1S/C13H23N3O4S/c1-9-8-20-10(2)7-16(9)21(18,19)13-11(3)14-15(5-6-17)12(13)4/h9-10,17H,5-8H2,1-4H3. The van der Waals surface area contributed by atoms with Crippen LogP contribution < -0.4 is 0 Å². The number of hydrogen-bond acceptors (Lipinski definition) is 5. The van der Waals surface area contributed by atoms with Gasteiger partial charge in [-0.15, -0.1) is 0 Å². The van der Waals surface area contributed by atoms with E-state index < -0.39 is 10.0 Å². The van der Waals surface area contributed by atoms with Gasteiger partial charge in [0.15, 0.2) is 0 Å². The van der Waals surface area contributed by atoms with Crippen molar-refractivity contribution in [3.63, 3.8) is 0 Å². The van der Waals surface area contributed by atoms with Crippen LogP contribution in [0.4, 0.5) is 0 Å². The minimum absolute atomic E-state index is 0.0769. The Morgan fingerprint density at radius 1 is 1.38 bits per heavy atom. The van der Waals surface area contributed by atoms with E-state index in [0.717, 1.165) is 0 Å². The summed E-state index contributed by atoms with van der Waals surface area (Å²) >= 11 is 0. The lowest BCUT2D eigenvalue weighted by molar-refractivity contribution is -0.0170. The number of aliphatic hydroxyl groups excluding tert-OH is 1. The Morgan fingerprint density at radius 2 is 2.05 bits per heavy atom. The van der Waals surface area contributed by atoms with Crippen molar-refractivity contribution in [3.05, 3.63) is 11.4 Å². The molecule has 1 aliphatic heterocycles. The summed E-state index contributed by atoms with van der Waals surface area (Å²) in [7, 11) is -3.61. The quantitative estimate of drug-likeness (QED) is 0.863. The van der Waals surface area contributed by atoms with Gasteiger partial charge in [0.2, 0.25) is 10.0 Å². The number of morpholine rings is 1. The zero-order valence-corrected chi connectivity index (χ0v) is 13.7. The van der Waals surface area contributed by atoms with Crippen molar-refractivity contribution in [1.29, 1.82) is 0 Å². The van der Waals surface area contributed by atoms with Crippen LogP contribution in [0.2, 0.25) is 0 Å². The molecule has 21 heavy (non-hydrogen) atoms. The number of rotatable bonds is 4. The summed E-state index contributed by atoms with van der Waals surface area (Å²) in [6.45, 7) is 8.05. The molecule has 0 aliphatic carbocycles. The molecular formula is C13H23N3O4S. The highest BCUT2D eigenvalue weighted by Gasteiger charge is 2.37. The molecule has 1 aromatic rings. The smallest absolute Gasteiger partial charge is 0.247 e. The van der Waals surface area contributed by atoms with Gasteiger partial charge in [-0.3, -0.25) is 4.68 Å². The maximum absolute atomic E-state index is 13.0. The van der Waals surface area contributed by atoms with Crippen molar-refractivity contribution in [3.8, 4) is 0 Å². The normalized spacial score (nSPS) is 24.4. The molecule has 1 fully saturated rings. The number of sulfonamides is 1. The van der Waals surface area contributed by atoms with Crippen LogP contribution >= 0.6 is 0 Å². The molecule has 0 aromatic carbocycles. The summed E-state index contributed by atoms with van der Waals surface area (Å²) in [5.74, 6) is 0.